The molecule has 2 heteroatoms. The Balaban J connectivity index is 5.38. The van der Waals surface area contributed by atoms with Gasteiger partial charge in [0.05, 0.1) is 11.2 Å². The molecule has 2 atom stereocenters. The Bertz CT molecular complexity index is 826. The van der Waals surface area contributed by atoms with Crippen LogP contribution in [-0.2, 0) is 4.74 Å². The zero-order valence-corrected chi connectivity index (χ0v) is 45.0. The average Bonchev–Trinajstić information content (AvgIpc) is 3.29. The summed E-state index contributed by atoms with van der Waals surface area (Å²) in [6.45, 7) is 12.4. The van der Waals surface area contributed by atoms with Crippen LogP contribution in [0.15, 0.2) is 0 Å². The summed E-state index contributed by atoms with van der Waals surface area (Å²) in [6, 6.07) is 0. The van der Waals surface area contributed by atoms with Crippen LogP contribution in [0.25, 0.3) is 0 Å². The first-order chi connectivity index (χ1) is 31.1. The van der Waals surface area contributed by atoms with Crippen LogP contribution in [0, 0.1) is 0 Å². The van der Waals surface area contributed by atoms with E-state index in [0.717, 1.165) is 45.1 Å². The van der Waals surface area contributed by atoms with Crippen molar-refractivity contribution in [2.24, 2.45) is 0 Å². The van der Waals surface area contributed by atoms with Gasteiger partial charge in [-0.1, -0.05) is 343 Å². The summed E-state index contributed by atoms with van der Waals surface area (Å²) in [5.74, 6) is 0. The summed E-state index contributed by atoms with van der Waals surface area (Å²) in [7, 11) is 0. The number of hydrogen-bond acceptors (Lipinski definition) is 2. The van der Waals surface area contributed by atoms with Crippen LogP contribution in [0.1, 0.15) is 375 Å². The molecule has 1 N–H and O–H groups in total. The van der Waals surface area contributed by atoms with Crippen molar-refractivity contribution >= 4 is 0 Å². The molecule has 380 valence electrons. The first-order valence-corrected chi connectivity index (χ1v) is 30.4. The molecule has 0 aliphatic carbocycles. The standard InChI is InChI=1S/C61H124O2/c1-6-11-16-20-24-27-29-31-33-35-37-39-41-43-47-51-56-60(62,55-50-46-23-19-14-9-4)61(63-59-54-15-10-5,57-52-48-44-26-22-18-13-8-3)58-53-49-45-42-40-38-36-34-32-30-28-25-21-17-12-7-2/h62H,6-59H2,1-5H3. The second kappa shape index (κ2) is 51.3. The van der Waals surface area contributed by atoms with Gasteiger partial charge in [0.2, 0.25) is 0 Å². The molecule has 0 amide bonds. The third-order valence-electron chi connectivity index (χ3n) is 15.2. The van der Waals surface area contributed by atoms with Crippen molar-refractivity contribution in [3.8, 4) is 0 Å². The SMILES string of the molecule is CCCCCCCCCCCCCCCCCCC(O)(CCCCCCCC)C(CCCCCCCCCC)(CCCCCCCCCCCCCCCCCC)OCCCCC. The number of hydrogen-bond donors (Lipinski definition) is 1. The molecule has 2 nitrogen and oxygen atoms in total. The fourth-order valence-electron chi connectivity index (χ4n) is 10.7. The van der Waals surface area contributed by atoms with Gasteiger partial charge in [-0.25, -0.2) is 0 Å². The molecule has 0 aromatic rings. The molecule has 2 unspecified atom stereocenters. The lowest BCUT2D eigenvalue weighted by atomic mass is 9.70. The fraction of sp³-hybridized carbons (Fsp3) is 1.00. The average molecular weight is 890 g/mol. The molecular weight excluding hydrogens is 765 g/mol. The lowest BCUT2D eigenvalue weighted by Crippen LogP contribution is -2.56. The molecular formula is C61H124O2. The molecule has 0 rings (SSSR count). The Hall–Kier alpha value is -0.0800. The highest BCUT2D eigenvalue weighted by molar-refractivity contribution is 5.01. The van der Waals surface area contributed by atoms with E-state index in [1.165, 1.54) is 302 Å². The smallest absolute Gasteiger partial charge is 0.0968 e. The van der Waals surface area contributed by atoms with E-state index < -0.39 is 5.60 Å². The Morgan fingerprint density at radius 3 is 0.619 bits per heavy atom. The molecule has 0 aliphatic heterocycles. The highest BCUT2D eigenvalue weighted by atomic mass is 16.5. The van der Waals surface area contributed by atoms with Crippen molar-refractivity contribution in [3.05, 3.63) is 0 Å². The van der Waals surface area contributed by atoms with Crippen LogP contribution in [0.5, 0.6) is 0 Å². The first kappa shape index (κ1) is 62.9. The zero-order valence-electron chi connectivity index (χ0n) is 45.0. The van der Waals surface area contributed by atoms with Crippen molar-refractivity contribution in [2.45, 2.75) is 386 Å². The van der Waals surface area contributed by atoms with E-state index in [2.05, 4.69) is 34.6 Å². The lowest BCUT2D eigenvalue weighted by molar-refractivity contribution is -0.202. The van der Waals surface area contributed by atoms with Gasteiger partial charge in [-0.05, 0) is 32.1 Å². The second-order valence-corrected chi connectivity index (χ2v) is 21.4. The van der Waals surface area contributed by atoms with E-state index in [0.29, 0.717) is 0 Å². The molecule has 0 saturated carbocycles. The monoisotopic (exact) mass is 889 g/mol. The van der Waals surface area contributed by atoms with E-state index in [-0.39, 0.29) is 5.60 Å². The maximum atomic E-state index is 13.3. The molecule has 0 saturated heterocycles. The Labute approximate surface area is 401 Å². The summed E-state index contributed by atoms with van der Waals surface area (Å²) >= 11 is 0. The largest absolute Gasteiger partial charge is 0.387 e. The van der Waals surface area contributed by atoms with Gasteiger partial charge in [0.15, 0.2) is 0 Å². The fourth-order valence-corrected chi connectivity index (χ4v) is 10.7. The topological polar surface area (TPSA) is 29.5 Å². The molecule has 63 heavy (non-hydrogen) atoms. The first-order valence-electron chi connectivity index (χ1n) is 30.4. The maximum Gasteiger partial charge on any atom is 0.0968 e. The van der Waals surface area contributed by atoms with Gasteiger partial charge in [0.1, 0.15) is 0 Å². The Kier molecular flexibility index (Phi) is 51.2. The quantitative estimate of drug-likeness (QED) is 0.0617. The van der Waals surface area contributed by atoms with Crippen LogP contribution in [-0.4, -0.2) is 22.9 Å². The summed E-state index contributed by atoms with van der Waals surface area (Å²) in [5.41, 5.74) is -1.07. The van der Waals surface area contributed by atoms with Gasteiger partial charge in [-0.2, -0.15) is 0 Å². The van der Waals surface area contributed by atoms with Gasteiger partial charge in [-0.15, -0.1) is 0 Å². The van der Waals surface area contributed by atoms with Crippen LogP contribution < -0.4 is 0 Å². The highest BCUT2D eigenvalue weighted by Crippen LogP contribution is 2.44. The van der Waals surface area contributed by atoms with Gasteiger partial charge in [0, 0.05) is 6.61 Å². The van der Waals surface area contributed by atoms with Gasteiger partial charge >= 0.3 is 0 Å². The third kappa shape index (κ3) is 40.7. The Morgan fingerprint density at radius 2 is 0.397 bits per heavy atom. The van der Waals surface area contributed by atoms with Crippen LogP contribution in [0.3, 0.4) is 0 Å². The number of rotatable bonds is 56. The molecule has 0 bridgehead atoms. The zero-order chi connectivity index (χ0) is 45.9. The second-order valence-electron chi connectivity index (χ2n) is 21.4. The Morgan fingerprint density at radius 1 is 0.222 bits per heavy atom. The summed E-state index contributed by atoms with van der Waals surface area (Å²) in [4.78, 5) is 0. The van der Waals surface area contributed by atoms with Crippen molar-refractivity contribution in [2.75, 3.05) is 6.61 Å². The minimum Gasteiger partial charge on any atom is -0.387 e. The molecule has 0 radical (unpaired) electrons. The van der Waals surface area contributed by atoms with E-state index in [9.17, 15) is 5.11 Å². The predicted octanol–water partition coefficient (Wildman–Crippen LogP) is 22.2. The van der Waals surface area contributed by atoms with Crippen LogP contribution >= 0.6 is 0 Å². The van der Waals surface area contributed by atoms with E-state index >= 15 is 0 Å². The highest BCUT2D eigenvalue weighted by Gasteiger charge is 2.49. The molecule has 0 aromatic heterocycles. The minimum atomic E-state index is -0.698. The normalized spacial score (nSPS) is 13.8. The molecule has 0 aromatic carbocycles. The van der Waals surface area contributed by atoms with Gasteiger partial charge < -0.3 is 9.84 Å². The van der Waals surface area contributed by atoms with E-state index in [4.69, 9.17) is 4.74 Å². The minimum absolute atomic E-state index is 0.377. The van der Waals surface area contributed by atoms with Gasteiger partial charge in [0.25, 0.3) is 0 Å². The summed E-state index contributed by atoms with van der Waals surface area (Å²) in [6.07, 6.45) is 71.0. The van der Waals surface area contributed by atoms with Crippen molar-refractivity contribution in [3.63, 3.8) is 0 Å². The lowest BCUT2D eigenvalue weighted by Gasteiger charge is -2.48. The van der Waals surface area contributed by atoms with Crippen molar-refractivity contribution < 1.29 is 9.84 Å². The molecule has 0 heterocycles. The van der Waals surface area contributed by atoms with Crippen LogP contribution in [0.4, 0.5) is 0 Å². The summed E-state index contributed by atoms with van der Waals surface area (Å²) in [5, 5.41) is 13.3. The molecule has 0 aliphatic rings. The molecule has 0 fully saturated rings. The van der Waals surface area contributed by atoms with Crippen molar-refractivity contribution in [1.29, 1.82) is 0 Å². The van der Waals surface area contributed by atoms with E-state index in [1.807, 2.05) is 0 Å². The predicted molar refractivity (Wildman–Crippen MR) is 287 cm³/mol. The number of unbranched alkanes of at least 4 members (excludes halogenated alkanes) is 44. The number of ether oxygens (including phenoxy) is 1. The van der Waals surface area contributed by atoms with Gasteiger partial charge in [-0.3, -0.25) is 0 Å². The van der Waals surface area contributed by atoms with Crippen LogP contribution in [0.2, 0.25) is 0 Å². The van der Waals surface area contributed by atoms with Crippen molar-refractivity contribution in [1.82, 2.24) is 0 Å². The third-order valence-corrected chi connectivity index (χ3v) is 15.2. The summed E-state index contributed by atoms with van der Waals surface area (Å²) < 4.78 is 7.31. The maximum absolute atomic E-state index is 13.3. The molecule has 0 spiro atoms. The number of aliphatic hydroxyl groups is 1. The van der Waals surface area contributed by atoms with E-state index in [1.54, 1.807) is 0 Å².